The number of nitrogens with zero attached hydrogens (tertiary/aromatic N) is 2. The molecule has 5 nitrogen and oxygen atoms in total. The Labute approximate surface area is 104 Å². The smallest absolute Gasteiger partial charge is 0.354 e. The summed E-state index contributed by atoms with van der Waals surface area (Å²) < 4.78 is 6.81. The summed E-state index contributed by atoms with van der Waals surface area (Å²) in [6.07, 6.45) is 0.891. The van der Waals surface area contributed by atoms with E-state index in [-0.39, 0.29) is 5.69 Å². The highest BCUT2D eigenvalue weighted by molar-refractivity contribution is 5.87. The van der Waals surface area contributed by atoms with Gasteiger partial charge >= 0.3 is 5.97 Å². The zero-order valence-electron chi connectivity index (χ0n) is 9.88. The molecule has 2 aromatic rings. The van der Waals surface area contributed by atoms with Gasteiger partial charge in [0.15, 0.2) is 0 Å². The van der Waals surface area contributed by atoms with Crippen LogP contribution in [0.15, 0.2) is 24.3 Å². The van der Waals surface area contributed by atoms with Gasteiger partial charge in [0.25, 0.3) is 0 Å². The summed E-state index contributed by atoms with van der Waals surface area (Å²) >= 11 is 0. The highest BCUT2D eigenvalue weighted by Crippen LogP contribution is 2.30. The third-order valence-corrected chi connectivity index (χ3v) is 3.08. The number of fused-ring (bicyclic) bond motifs is 1. The first-order valence-electron chi connectivity index (χ1n) is 5.68. The molecule has 1 N–H and O–H groups in total. The van der Waals surface area contributed by atoms with Gasteiger partial charge in [0.1, 0.15) is 11.4 Å². The number of hydrogen-bond acceptors (Lipinski definition) is 3. The Hall–Kier alpha value is -2.30. The average molecular weight is 244 g/mol. The molecule has 1 aliphatic rings. The van der Waals surface area contributed by atoms with Crippen LogP contribution in [-0.2, 0) is 13.5 Å². The van der Waals surface area contributed by atoms with E-state index < -0.39 is 5.97 Å². The number of benzene rings is 1. The number of carboxylic acids is 1. The zero-order valence-corrected chi connectivity index (χ0v) is 9.88. The summed E-state index contributed by atoms with van der Waals surface area (Å²) in [6, 6.07) is 7.40. The molecule has 2 heterocycles. The lowest BCUT2D eigenvalue weighted by Gasteiger charge is -2.00. The minimum absolute atomic E-state index is 0.182. The van der Waals surface area contributed by atoms with Crippen LogP contribution in [-0.4, -0.2) is 27.5 Å². The molecule has 1 aromatic carbocycles. The predicted octanol–water partition coefficient (Wildman–Crippen LogP) is 1.72. The third kappa shape index (κ3) is 1.64. The van der Waals surface area contributed by atoms with Crippen molar-refractivity contribution in [3.63, 3.8) is 0 Å². The first-order chi connectivity index (χ1) is 8.65. The van der Waals surface area contributed by atoms with Gasteiger partial charge in [-0.1, -0.05) is 0 Å². The number of aromatic nitrogens is 2. The van der Waals surface area contributed by atoms with E-state index in [2.05, 4.69) is 5.10 Å². The molecule has 0 atom stereocenters. The Morgan fingerprint density at radius 1 is 1.44 bits per heavy atom. The molecule has 0 spiro atoms. The van der Waals surface area contributed by atoms with E-state index in [1.807, 2.05) is 18.2 Å². The largest absolute Gasteiger partial charge is 0.493 e. The Kier molecular flexibility index (Phi) is 2.33. The molecule has 0 unspecified atom stereocenters. The first kappa shape index (κ1) is 10.8. The summed E-state index contributed by atoms with van der Waals surface area (Å²) in [5, 5.41) is 13.2. The molecule has 92 valence electrons. The molecule has 0 bridgehead atoms. The number of rotatable bonds is 2. The van der Waals surface area contributed by atoms with Gasteiger partial charge in [-0.2, -0.15) is 5.10 Å². The number of ether oxygens (including phenoxy) is 1. The van der Waals surface area contributed by atoms with Gasteiger partial charge in [-0.25, -0.2) is 4.79 Å². The summed E-state index contributed by atoms with van der Waals surface area (Å²) in [5.41, 5.74) is 2.92. The van der Waals surface area contributed by atoms with Crippen molar-refractivity contribution in [2.24, 2.45) is 7.05 Å². The standard InChI is InChI=1S/C13H12N2O3/c1-15-11(13(16)17)7-10(14-15)8-2-3-12-9(6-8)4-5-18-12/h2-3,6-7H,4-5H2,1H3,(H,16,17). The SMILES string of the molecule is Cn1nc(-c2ccc3c(c2)CCO3)cc1C(=O)O. The topological polar surface area (TPSA) is 64.4 Å². The van der Waals surface area contributed by atoms with Gasteiger partial charge in [0.2, 0.25) is 0 Å². The lowest BCUT2D eigenvalue weighted by Crippen LogP contribution is -2.04. The molecule has 1 aliphatic heterocycles. The number of carboxylic acid groups (broad SMARTS) is 1. The number of aromatic carboxylic acids is 1. The van der Waals surface area contributed by atoms with E-state index >= 15 is 0 Å². The highest BCUT2D eigenvalue weighted by Gasteiger charge is 2.16. The maximum absolute atomic E-state index is 11.0. The van der Waals surface area contributed by atoms with E-state index in [1.165, 1.54) is 4.68 Å². The molecule has 0 amide bonds. The van der Waals surface area contributed by atoms with E-state index in [4.69, 9.17) is 9.84 Å². The predicted molar refractivity (Wildman–Crippen MR) is 64.8 cm³/mol. The summed E-state index contributed by atoms with van der Waals surface area (Å²) in [4.78, 5) is 11.0. The second-order valence-corrected chi connectivity index (χ2v) is 4.26. The summed E-state index contributed by atoms with van der Waals surface area (Å²) in [7, 11) is 1.63. The fraction of sp³-hybridized carbons (Fsp3) is 0.231. The fourth-order valence-corrected chi connectivity index (χ4v) is 2.15. The Morgan fingerprint density at radius 3 is 3.00 bits per heavy atom. The Bertz CT molecular complexity index is 631. The van der Waals surface area contributed by atoms with Crippen molar-refractivity contribution >= 4 is 5.97 Å². The van der Waals surface area contributed by atoms with Crippen molar-refractivity contribution in [2.45, 2.75) is 6.42 Å². The van der Waals surface area contributed by atoms with Gasteiger partial charge < -0.3 is 9.84 Å². The van der Waals surface area contributed by atoms with Crippen molar-refractivity contribution in [1.29, 1.82) is 0 Å². The molecule has 3 rings (SSSR count). The van der Waals surface area contributed by atoms with Crippen LogP contribution >= 0.6 is 0 Å². The van der Waals surface area contributed by atoms with Crippen LogP contribution in [0.5, 0.6) is 5.75 Å². The second-order valence-electron chi connectivity index (χ2n) is 4.26. The monoisotopic (exact) mass is 244 g/mol. The Balaban J connectivity index is 2.05. The van der Waals surface area contributed by atoms with Crippen molar-refractivity contribution < 1.29 is 14.6 Å². The van der Waals surface area contributed by atoms with Crippen LogP contribution in [0.4, 0.5) is 0 Å². The fourth-order valence-electron chi connectivity index (χ4n) is 2.15. The van der Waals surface area contributed by atoms with Crippen molar-refractivity contribution in [3.8, 4) is 17.0 Å². The quantitative estimate of drug-likeness (QED) is 0.873. The van der Waals surface area contributed by atoms with Gasteiger partial charge in [-0.15, -0.1) is 0 Å². The Morgan fingerprint density at radius 2 is 2.28 bits per heavy atom. The molecule has 0 fully saturated rings. The molecule has 1 aromatic heterocycles. The van der Waals surface area contributed by atoms with Gasteiger partial charge in [-0.05, 0) is 29.8 Å². The van der Waals surface area contributed by atoms with E-state index in [1.54, 1.807) is 13.1 Å². The van der Waals surface area contributed by atoms with Crippen LogP contribution in [0.1, 0.15) is 16.1 Å². The maximum Gasteiger partial charge on any atom is 0.354 e. The van der Waals surface area contributed by atoms with Crippen LogP contribution in [0.2, 0.25) is 0 Å². The molecular weight excluding hydrogens is 232 g/mol. The van der Waals surface area contributed by atoms with Crippen LogP contribution in [0.3, 0.4) is 0 Å². The van der Waals surface area contributed by atoms with Crippen molar-refractivity contribution in [3.05, 3.63) is 35.5 Å². The lowest BCUT2D eigenvalue weighted by molar-refractivity contribution is 0.0685. The van der Waals surface area contributed by atoms with E-state index in [9.17, 15) is 4.79 Å². The third-order valence-electron chi connectivity index (χ3n) is 3.08. The molecule has 0 radical (unpaired) electrons. The van der Waals surface area contributed by atoms with Crippen LogP contribution in [0, 0.1) is 0 Å². The molecule has 0 saturated heterocycles. The molecule has 0 saturated carbocycles. The molecule has 0 aliphatic carbocycles. The normalized spacial score (nSPS) is 13.2. The summed E-state index contributed by atoms with van der Waals surface area (Å²) in [6.45, 7) is 0.710. The second kappa shape index (κ2) is 3.87. The average Bonchev–Trinajstić information content (AvgIpc) is 2.93. The molecular formula is C13H12N2O3. The number of hydrogen-bond donors (Lipinski definition) is 1. The van der Waals surface area contributed by atoms with Gasteiger partial charge in [0, 0.05) is 19.0 Å². The number of carbonyl (C=O) groups is 1. The minimum atomic E-state index is -0.972. The zero-order chi connectivity index (χ0) is 12.7. The highest BCUT2D eigenvalue weighted by atomic mass is 16.5. The van der Waals surface area contributed by atoms with E-state index in [0.717, 1.165) is 23.3 Å². The minimum Gasteiger partial charge on any atom is -0.493 e. The van der Waals surface area contributed by atoms with Crippen molar-refractivity contribution in [1.82, 2.24) is 9.78 Å². The maximum atomic E-state index is 11.0. The molecule has 18 heavy (non-hydrogen) atoms. The van der Waals surface area contributed by atoms with E-state index in [0.29, 0.717) is 12.3 Å². The number of aryl methyl sites for hydroxylation is 1. The first-order valence-corrected chi connectivity index (χ1v) is 5.68. The van der Waals surface area contributed by atoms with Crippen molar-refractivity contribution in [2.75, 3.05) is 6.61 Å². The van der Waals surface area contributed by atoms with Crippen LogP contribution < -0.4 is 4.74 Å². The van der Waals surface area contributed by atoms with Crippen LogP contribution in [0.25, 0.3) is 11.3 Å². The molecule has 5 heteroatoms. The van der Waals surface area contributed by atoms with Gasteiger partial charge in [0.05, 0.1) is 12.3 Å². The summed E-state index contributed by atoms with van der Waals surface area (Å²) in [5.74, 6) is -0.0612. The lowest BCUT2D eigenvalue weighted by atomic mass is 10.1. The van der Waals surface area contributed by atoms with Gasteiger partial charge in [-0.3, -0.25) is 4.68 Å².